The summed E-state index contributed by atoms with van der Waals surface area (Å²) in [7, 11) is 0. The summed E-state index contributed by atoms with van der Waals surface area (Å²) in [6.07, 6.45) is 1.10. The van der Waals surface area contributed by atoms with E-state index >= 15 is 0 Å². The molecule has 1 aliphatic rings. The summed E-state index contributed by atoms with van der Waals surface area (Å²) < 4.78 is 0. The van der Waals surface area contributed by atoms with Gasteiger partial charge in [-0.1, -0.05) is 29.8 Å². The highest BCUT2D eigenvalue weighted by Crippen LogP contribution is 2.37. The molecule has 1 aliphatic heterocycles. The van der Waals surface area contributed by atoms with E-state index < -0.39 is 0 Å². The monoisotopic (exact) mass is 388 g/mol. The lowest BCUT2D eigenvalue weighted by molar-refractivity contribution is -0.122. The van der Waals surface area contributed by atoms with Crippen molar-refractivity contribution in [1.29, 1.82) is 0 Å². The van der Waals surface area contributed by atoms with E-state index in [4.69, 9.17) is 11.6 Å². The summed E-state index contributed by atoms with van der Waals surface area (Å²) in [5.74, 6) is 0.714. The maximum Gasteiger partial charge on any atom is 0.251 e. The molecule has 0 radical (unpaired) electrons. The van der Waals surface area contributed by atoms with Crippen LogP contribution in [0, 0.1) is 0 Å². The largest absolute Gasteiger partial charge is 0.349 e. The van der Waals surface area contributed by atoms with Crippen molar-refractivity contribution >= 4 is 35.2 Å². The number of carbonyl (C=O) groups is 2. The van der Waals surface area contributed by atoms with Crippen molar-refractivity contribution < 1.29 is 9.59 Å². The van der Waals surface area contributed by atoms with Gasteiger partial charge in [-0.3, -0.25) is 9.59 Å². The predicted molar refractivity (Wildman–Crippen MR) is 106 cm³/mol. The first-order chi connectivity index (χ1) is 12.5. The fourth-order valence-corrected chi connectivity index (χ4v) is 4.28. The average Bonchev–Trinajstić information content (AvgIpc) is 2.62. The topological polar surface area (TPSA) is 58.2 Å². The van der Waals surface area contributed by atoms with Crippen LogP contribution in [-0.2, 0) is 4.79 Å². The first-order valence-electron chi connectivity index (χ1n) is 8.60. The third kappa shape index (κ3) is 4.80. The second-order valence-corrected chi connectivity index (χ2v) is 7.96. The SMILES string of the molecule is C[C@H](CC(=O)N[C@@H]1CCSc2ccc(Cl)cc21)NC(=O)c1ccccc1. The first kappa shape index (κ1) is 18.8. The number of benzene rings is 2. The molecule has 1 heterocycles. The van der Waals surface area contributed by atoms with Gasteiger partial charge >= 0.3 is 0 Å². The Hall–Kier alpha value is -1.98. The van der Waals surface area contributed by atoms with Crippen molar-refractivity contribution in [2.75, 3.05) is 5.75 Å². The second kappa shape index (κ2) is 8.60. The fraction of sp³-hybridized carbons (Fsp3) is 0.300. The lowest BCUT2D eigenvalue weighted by Gasteiger charge is -2.26. The molecule has 2 atom stereocenters. The van der Waals surface area contributed by atoms with Crippen molar-refractivity contribution in [3.05, 3.63) is 64.7 Å². The van der Waals surface area contributed by atoms with Gasteiger partial charge in [-0.25, -0.2) is 0 Å². The van der Waals surface area contributed by atoms with Gasteiger partial charge in [0.2, 0.25) is 5.91 Å². The highest BCUT2D eigenvalue weighted by atomic mass is 35.5. The van der Waals surface area contributed by atoms with Crippen LogP contribution in [0.2, 0.25) is 5.02 Å². The van der Waals surface area contributed by atoms with Crippen molar-refractivity contribution in [3.63, 3.8) is 0 Å². The molecule has 6 heteroatoms. The lowest BCUT2D eigenvalue weighted by atomic mass is 10.0. The highest BCUT2D eigenvalue weighted by molar-refractivity contribution is 7.99. The summed E-state index contributed by atoms with van der Waals surface area (Å²) in [6, 6.07) is 14.5. The summed E-state index contributed by atoms with van der Waals surface area (Å²) in [5, 5.41) is 6.63. The number of carbonyl (C=O) groups excluding carboxylic acids is 2. The van der Waals surface area contributed by atoms with Gasteiger partial charge in [0.1, 0.15) is 0 Å². The van der Waals surface area contributed by atoms with E-state index in [0.717, 1.165) is 22.6 Å². The number of hydrogen-bond acceptors (Lipinski definition) is 3. The summed E-state index contributed by atoms with van der Waals surface area (Å²) in [5.41, 5.74) is 1.66. The molecule has 0 unspecified atom stereocenters. The normalized spacial score (nSPS) is 17.1. The third-order valence-corrected chi connectivity index (χ3v) is 5.61. The van der Waals surface area contributed by atoms with Crippen molar-refractivity contribution in [2.24, 2.45) is 0 Å². The van der Waals surface area contributed by atoms with Crippen LogP contribution in [0.15, 0.2) is 53.4 Å². The van der Waals surface area contributed by atoms with E-state index in [1.165, 1.54) is 0 Å². The first-order valence-corrected chi connectivity index (χ1v) is 9.97. The summed E-state index contributed by atoms with van der Waals surface area (Å²) in [6.45, 7) is 1.84. The Bertz CT molecular complexity index is 798. The number of amides is 2. The molecule has 2 N–H and O–H groups in total. The van der Waals surface area contributed by atoms with Gasteiger partial charge in [-0.15, -0.1) is 11.8 Å². The number of fused-ring (bicyclic) bond motifs is 1. The van der Waals surface area contributed by atoms with Crippen molar-refractivity contribution in [1.82, 2.24) is 10.6 Å². The zero-order chi connectivity index (χ0) is 18.5. The van der Waals surface area contributed by atoms with Crippen LogP contribution in [0.3, 0.4) is 0 Å². The van der Waals surface area contributed by atoms with Crippen LogP contribution < -0.4 is 10.6 Å². The number of hydrogen-bond donors (Lipinski definition) is 2. The molecule has 3 rings (SSSR count). The van der Waals surface area contributed by atoms with Gasteiger partial charge in [0, 0.05) is 33.7 Å². The van der Waals surface area contributed by atoms with Gasteiger partial charge < -0.3 is 10.6 Å². The number of halogens is 1. The van der Waals surface area contributed by atoms with E-state index in [9.17, 15) is 9.59 Å². The third-order valence-electron chi connectivity index (χ3n) is 4.25. The molecule has 0 aliphatic carbocycles. The van der Waals surface area contributed by atoms with Crippen LogP contribution in [0.1, 0.15) is 41.7 Å². The molecule has 0 saturated heterocycles. The zero-order valence-electron chi connectivity index (χ0n) is 14.5. The summed E-state index contributed by atoms with van der Waals surface area (Å²) >= 11 is 7.89. The minimum Gasteiger partial charge on any atom is -0.349 e. The zero-order valence-corrected chi connectivity index (χ0v) is 16.1. The van der Waals surface area contributed by atoms with E-state index in [1.807, 2.05) is 43.3 Å². The molecule has 136 valence electrons. The number of rotatable bonds is 5. The molecule has 0 saturated carbocycles. The molecular formula is C20H21ClN2O2S. The Labute approximate surface area is 162 Å². The Kier molecular flexibility index (Phi) is 6.22. The van der Waals surface area contributed by atoms with Crippen LogP contribution >= 0.6 is 23.4 Å². The predicted octanol–water partition coefficient (Wildman–Crippen LogP) is 4.20. The van der Waals surface area contributed by atoms with Crippen LogP contribution in [0.25, 0.3) is 0 Å². The molecule has 0 spiro atoms. The molecule has 0 fully saturated rings. The average molecular weight is 389 g/mol. The number of thioether (sulfide) groups is 1. The maximum atomic E-state index is 12.4. The van der Waals surface area contributed by atoms with E-state index in [1.54, 1.807) is 23.9 Å². The quantitative estimate of drug-likeness (QED) is 0.806. The van der Waals surface area contributed by atoms with Crippen LogP contribution in [-0.4, -0.2) is 23.6 Å². The van der Waals surface area contributed by atoms with E-state index in [0.29, 0.717) is 10.6 Å². The molecule has 2 amide bonds. The van der Waals surface area contributed by atoms with E-state index in [2.05, 4.69) is 10.6 Å². The Balaban J connectivity index is 1.56. The minimum absolute atomic E-state index is 0.0329. The van der Waals surface area contributed by atoms with Crippen LogP contribution in [0.4, 0.5) is 0 Å². The molecule has 2 aromatic carbocycles. The molecule has 0 bridgehead atoms. The molecule has 0 aromatic heterocycles. The summed E-state index contributed by atoms with van der Waals surface area (Å²) in [4.78, 5) is 25.8. The Morgan fingerprint density at radius 3 is 2.77 bits per heavy atom. The van der Waals surface area contributed by atoms with Gasteiger partial charge in [0.15, 0.2) is 0 Å². The van der Waals surface area contributed by atoms with E-state index in [-0.39, 0.29) is 30.3 Å². The van der Waals surface area contributed by atoms with Crippen molar-refractivity contribution in [3.8, 4) is 0 Å². The second-order valence-electron chi connectivity index (χ2n) is 6.38. The van der Waals surface area contributed by atoms with Gasteiger partial charge in [-0.05, 0) is 49.2 Å². The van der Waals surface area contributed by atoms with Crippen LogP contribution in [0.5, 0.6) is 0 Å². The molecule has 26 heavy (non-hydrogen) atoms. The molecule has 2 aromatic rings. The van der Waals surface area contributed by atoms with Gasteiger partial charge in [0.05, 0.1) is 6.04 Å². The Morgan fingerprint density at radius 1 is 1.23 bits per heavy atom. The fourth-order valence-electron chi connectivity index (χ4n) is 2.99. The van der Waals surface area contributed by atoms with Gasteiger partial charge in [0.25, 0.3) is 5.91 Å². The smallest absolute Gasteiger partial charge is 0.251 e. The maximum absolute atomic E-state index is 12.4. The molecule has 4 nitrogen and oxygen atoms in total. The van der Waals surface area contributed by atoms with Gasteiger partial charge in [-0.2, -0.15) is 0 Å². The minimum atomic E-state index is -0.250. The number of nitrogens with one attached hydrogen (secondary N) is 2. The highest BCUT2D eigenvalue weighted by Gasteiger charge is 2.23. The Morgan fingerprint density at radius 2 is 2.00 bits per heavy atom. The van der Waals surface area contributed by atoms with Crippen molar-refractivity contribution in [2.45, 2.75) is 36.7 Å². The molecular weight excluding hydrogens is 368 g/mol. The lowest BCUT2D eigenvalue weighted by Crippen LogP contribution is -2.38. The standard InChI is InChI=1S/C20H21ClN2O2S/c1-13(22-20(25)14-5-3-2-4-6-14)11-19(24)23-17-9-10-26-18-8-7-15(21)12-16(17)18/h2-8,12-13,17H,9-11H2,1H3,(H,22,25)(H,23,24)/t13-,17-/m1/s1.